The Bertz CT molecular complexity index is 1000. The Hall–Kier alpha value is -3.13. The van der Waals surface area contributed by atoms with Gasteiger partial charge in [0.25, 0.3) is 0 Å². The number of piperidine rings is 1. The van der Waals surface area contributed by atoms with Gasteiger partial charge in [-0.3, -0.25) is 0 Å². The average molecular weight is 467 g/mol. The summed E-state index contributed by atoms with van der Waals surface area (Å²) in [5.74, 6) is 2.41. The minimum Gasteiger partial charge on any atom is -0.494 e. The van der Waals surface area contributed by atoms with Crippen LogP contribution in [-0.4, -0.2) is 52.3 Å². The van der Waals surface area contributed by atoms with Gasteiger partial charge in [-0.25, -0.2) is 14.8 Å². The Morgan fingerprint density at radius 3 is 2.52 bits per heavy atom. The van der Waals surface area contributed by atoms with E-state index < -0.39 is 6.09 Å². The number of nitrogens with zero attached hydrogens (tertiary/aromatic N) is 4. The fourth-order valence-corrected chi connectivity index (χ4v) is 4.75. The molecule has 0 aliphatic carbocycles. The molecule has 0 atom stereocenters. The maximum Gasteiger partial charge on any atom is 0.407 e. The number of thiazole rings is 1. The van der Waals surface area contributed by atoms with Crippen LogP contribution in [-0.2, 0) is 6.54 Å². The van der Waals surface area contributed by atoms with Crippen LogP contribution in [0.3, 0.4) is 0 Å². The summed E-state index contributed by atoms with van der Waals surface area (Å²) in [5.41, 5.74) is 4.77. The number of anilines is 1. The van der Waals surface area contributed by atoms with Crippen LogP contribution < -0.4 is 9.64 Å². The zero-order valence-corrected chi connectivity index (χ0v) is 19.7. The lowest BCUT2D eigenvalue weighted by Gasteiger charge is -2.33. The van der Waals surface area contributed by atoms with Crippen LogP contribution in [0.25, 0.3) is 11.1 Å². The molecule has 0 radical (unpaired) electrons. The minimum atomic E-state index is -0.878. The number of hydrogen-bond acceptors (Lipinski definition) is 6. The molecule has 0 saturated carbocycles. The largest absolute Gasteiger partial charge is 0.494 e. The van der Waals surface area contributed by atoms with E-state index in [0.29, 0.717) is 25.6 Å². The maximum absolute atomic E-state index is 11.6. The van der Waals surface area contributed by atoms with E-state index in [9.17, 15) is 9.90 Å². The van der Waals surface area contributed by atoms with Crippen molar-refractivity contribution in [2.24, 2.45) is 5.92 Å². The van der Waals surface area contributed by atoms with E-state index in [-0.39, 0.29) is 0 Å². The van der Waals surface area contributed by atoms with Gasteiger partial charge in [0.1, 0.15) is 11.6 Å². The fraction of sp³-hybridized carbons (Fsp3) is 0.400. The van der Waals surface area contributed by atoms with E-state index >= 15 is 0 Å². The molecule has 3 aromatic rings. The molecule has 0 unspecified atom stereocenters. The van der Waals surface area contributed by atoms with Crippen molar-refractivity contribution < 1.29 is 14.6 Å². The van der Waals surface area contributed by atoms with E-state index in [1.54, 1.807) is 5.51 Å². The van der Waals surface area contributed by atoms with E-state index in [4.69, 9.17) is 9.72 Å². The normalized spacial score (nSPS) is 14.3. The standard InChI is InChI=1S/C25H30N4O3S/c1-2-32-23-6-3-20(4-7-23)21-5-8-24(26-15-21)28-12-9-19(10-13-28)11-14-29(25(30)31)16-22-17-33-18-27-22/h3-8,15,17-19H,2,9-14,16H2,1H3,(H,30,31). The van der Waals surface area contributed by atoms with Gasteiger partial charge in [0.05, 0.1) is 24.4 Å². The molecular weight excluding hydrogens is 436 g/mol. The predicted octanol–water partition coefficient (Wildman–Crippen LogP) is 5.39. The summed E-state index contributed by atoms with van der Waals surface area (Å²) >= 11 is 1.49. The lowest BCUT2D eigenvalue weighted by molar-refractivity contribution is 0.137. The molecular formula is C25H30N4O3S. The molecule has 2 aromatic heterocycles. The molecule has 7 nitrogen and oxygen atoms in total. The lowest BCUT2D eigenvalue weighted by Crippen LogP contribution is -2.36. The topological polar surface area (TPSA) is 78.8 Å². The number of aromatic nitrogens is 2. The van der Waals surface area contributed by atoms with Crippen LogP contribution >= 0.6 is 11.3 Å². The van der Waals surface area contributed by atoms with Crippen molar-refractivity contribution in [3.05, 3.63) is 59.2 Å². The molecule has 4 rings (SSSR count). The van der Waals surface area contributed by atoms with Crippen molar-refractivity contribution in [1.82, 2.24) is 14.9 Å². The zero-order valence-electron chi connectivity index (χ0n) is 18.9. The van der Waals surface area contributed by atoms with Gasteiger partial charge in [-0.2, -0.15) is 0 Å². The first-order valence-corrected chi connectivity index (χ1v) is 12.4. The van der Waals surface area contributed by atoms with Gasteiger partial charge >= 0.3 is 6.09 Å². The third-order valence-electron chi connectivity index (χ3n) is 6.10. The molecule has 33 heavy (non-hydrogen) atoms. The summed E-state index contributed by atoms with van der Waals surface area (Å²) < 4.78 is 5.51. The van der Waals surface area contributed by atoms with Crippen molar-refractivity contribution in [3.63, 3.8) is 0 Å². The Morgan fingerprint density at radius 1 is 1.15 bits per heavy atom. The molecule has 1 saturated heterocycles. The van der Waals surface area contributed by atoms with E-state index in [1.807, 2.05) is 30.6 Å². The Labute approximate surface area is 198 Å². The Morgan fingerprint density at radius 2 is 1.91 bits per heavy atom. The van der Waals surface area contributed by atoms with Gasteiger partial charge in [-0.05, 0) is 61.9 Å². The monoisotopic (exact) mass is 466 g/mol. The van der Waals surface area contributed by atoms with Crippen LogP contribution in [0.4, 0.5) is 10.6 Å². The number of ether oxygens (including phenoxy) is 1. The number of amides is 1. The lowest BCUT2D eigenvalue weighted by atomic mass is 9.93. The minimum absolute atomic E-state index is 0.363. The second-order valence-corrected chi connectivity index (χ2v) is 8.98. The molecule has 8 heteroatoms. The van der Waals surface area contributed by atoms with Crippen LogP contribution in [0, 0.1) is 5.92 Å². The molecule has 0 bridgehead atoms. The first kappa shape index (κ1) is 23.0. The molecule has 1 fully saturated rings. The second-order valence-electron chi connectivity index (χ2n) is 8.27. The smallest absolute Gasteiger partial charge is 0.407 e. The van der Waals surface area contributed by atoms with Crippen molar-refractivity contribution in [3.8, 4) is 16.9 Å². The number of carboxylic acid groups (broad SMARTS) is 1. The van der Waals surface area contributed by atoms with Gasteiger partial charge in [-0.15, -0.1) is 11.3 Å². The summed E-state index contributed by atoms with van der Waals surface area (Å²) in [6.07, 6.45) is 4.03. The SMILES string of the molecule is CCOc1ccc(-c2ccc(N3CCC(CCN(Cc4cscn4)C(=O)O)CC3)nc2)cc1. The highest BCUT2D eigenvalue weighted by Gasteiger charge is 2.22. The quantitative estimate of drug-likeness (QED) is 0.455. The summed E-state index contributed by atoms with van der Waals surface area (Å²) in [6, 6.07) is 12.3. The maximum atomic E-state index is 11.6. The van der Waals surface area contributed by atoms with Gasteiger partial charge < -0.3 is 19.6 Å². The number of pyridine rings is 1. The van der Waals surface area contributed by atoms with Crippen LogP contribution in [0.5, 0.6) is 5.75 Å². The molecule has 1 aromatic carbocycles. The van der Waals surface area contributed by atoms with Gasteiger partial charge in [-0.1, -0.05) is 12.1 Å². The number of rotatable bonds is 9. The third-order valence-corrected chi connectivity index (χ3v) is 6.73. The summed E-state index contributed by atoms with van der Waals surface area (Å²) in [5, 5.41) is 11.4. The van der Waals surface area contributed by atoms with Crippen LogP contribution in [0.2, 0.25) is 0 Å². The van der Waals surface area contributed by atoms with Crippen LogP contribution in [0.1, 0.15) is 31.9 Å². The molecule has 1 amide bonds. The van der Waals surface area contributed by atoms with E-state index in [0.717, 1.165) is 60.7 Å². The predicted molar refractivity (Wildman–Crippen MR) is 131 cm³/mol. The molecule has 1 N–H and O–H groups in total. The number of benzene rings is 1. The van der Waals surface area contributed by atoms with Crippen molar-refractivity contribution in [2.45, 2.75) is 32.7 Å². The highest BCUT2D eigenvalue weighted by Crippen LogP contribution is 2.27. The zero-order chi connectivity index (χ0) is 23.0. The van der Waals surface area contributed by atoms with E-state index in [1.165, 1.54) is 16.2 Å². The highest BCUT2D eigenvalue weighted by molar-refractivity contribution is 7.07. The molecule has 1 aliphatic rings. The molecule has 0 spiro atoms. The number of hydrogen-bond donors (Lipinski definition) is 1. The molecule has 1 aliphatic heterocycles. The Balaban J connectivity index is 1.26. The molecule has 3 heterocycles. The van der Waals surface area contributed by atoms with Crippen LogP contribution in [0.15, 0.2) is 53.5 Å². The second kappa shape index (κ2) is 11.1. The first-order chi connectivity index (χ1) is 16.1. The van der Waals surface area contributed by atoms with Gasteiger partial charge in [0.15, 0.2) is 0 Å². The third kappa shape index (κ3) is 6.22. The molecule has 174 valence electrons. The summed E-state index contributed by atoms with van der Waals surface area (Å²) in [4.78, 5) is 24.3. The summed E-state index contributed by atoms with van der Waals surface area (Å²) in [7, 11) is 0. The fourth-order valence-electron chi connectivity index (χ4n) is 4.20. The highest BCUT2D eigenvalue weighted by atomic mass is 32.1. The van der Waals surface area contributed by atoms with Crippen molar-refractivity contribution >= 4 is 23.2 Å². The van der Waals surface area contributed by atoms with Crippen molar-refractivity contribution in [2.75, 3.05) is 31.1 Å². The van der Waals surface area contributed by atoms with Gasteiger partial charge in [0.2, 0.25) is 0 Å². The number of carbonyl (C=O) groups is 1. The first-order valence-electron chi connectivity index (χ1n) is 11.4. The van der Waals surface area contributed by atoms with Crippen molar-refractivity contribution in [1.29, 1.82) is 0 Å². The average Bonchev–Trinajstić information content (AvgIpc) is 3.36. The summed E-state index contributed by atoms with van der Waals surface area (Å²) in [6.45, 7) is 5.44. The van der Waals surface area contributed by atoms with E-state index in [2.05, 4.69) is 34.1 Å². The van der Waals surface area contributed by atoms with Gasteiger partial charge in [0, 0.05) is 36.8 Å². The Kier molecular flexibility index (Phi) is 7.78.